The van der Waals surface area contributed by atoms with E-state index in [0.717, 1.165) is 11.2 Å². The lowest BCUT2D eigenvalue weighted by atomic mass is 9.98. The Morgan fingerprint density at radius 3 is 2.56 bits per heavy atom. The van der Waals surface area contributed by atoms with Crippen molar-refractivity contribution in [2.75, 3.05) is 25.9 Å². The van der Waals surface area contributed by atoms with Crippen molar-refractivity contribution in [1.82, 2.24) is 9.62 Å². The van der Waals surface area contributed by atoms with E-state index in [1.54, 1.807) is 0 Å². The Morgan fingerprint density at radius 2 is 2.06 bits per heavy atom. The van der Waals surface area contributed by atoms with Gasteiger partial charge < -0.3 is 4.90 Å². The molecule has 0 saturated carbocycles. The molecule has 5 nitrogen and oxygen atoms in total. The highest BCUT2D eigenvalue weighted by Gasteiger charge is 2.43. The van der Waals surface area contributed by atoms with E-state index in [1.807, 2.05) is 0 Å². The van der Waals surface area contributed by atoms with Crippen LogP contribution in [0.2, 0.25) is 0 Å². The SMILES string of the molecule is CS(=O)(=O)NCC1CCCN(C(=O)C(F)(F)F)C1. The molecule has 1 aliphatic heterocycles. The number of sulfonamides is 1. The van der Waals surface area contributed by atoms with Crippen LogP contribution >= 0.6 is 0 Å². The molecule has 1 fully saturated rings. The summed E-state index contributed by atoms with van der Waals surface area (Å²) < 4.78 is 60.7. The summed E-state index contributed by atoms with van der Waals surface area (Å²) in [6, 6.07) is 0. The number of piperidine rings is 1. The molecule has 0 bridgehead atoms. The quantitative estimate of drug-likeness (QED) is 0.814. The van der Waals surface area contributed by atoms with Gasteiger partial charge >= 0.3 is 12.1 Å². The number of likely N-dealkylation sites (tertiary alicyclic amines) is 1. The smallest absolute Gasteiger partial charge is 0.335 e. The van der Waals surface area contributed by atoms with Gasteiger partial charge in [0, 0.05) is 19.6 Å². The van der Waals surface area contributed by atoms with E-state index < -0.39 is 22.1 Å². The van der Waals surface area contributed by atoms with Crippen LogP contribution in [0.3, 0.4) is 0 Å². The number of nitrogens with zero attached hydrogens (tertiary/aromatic N) is 1. The number of hydrogen-bond donors (Lipinski definition) is 1. The largest absolute Gasteiger partial charge is 0.471 e. The van der Waals surface area contributed by atoms with Gasteiger partial charge in [0.25, 0.3) is 0 Å². The molecule has 1 amide bonds. The lowest BCUT2D eigenvalue weighted by Crippen LogP contribution is -2.48. The number of amides is 1. The van der Waals surface area contributed by atoms with Gasteiger partial charge in [-0.25, -0.2) is 13.1 Å². The fourth-order valence-electron chi connectivity index (χ4n) is 1.86. The number of nitrogens with one attached hydrogen (secondary N) is 1. The van der Waals surface area contributed by atoms with Crippen LogP contribution in [0.15, 0.2) is 0 Å². The average Bonchev–Trinajstić information content (AvgIpc) is 2.23. The van der Waals surface area contributed by atoms with Crippen LogP contribution in [0.1, 0.15) is 12.8 Å². The third-order valence-electron chi connectivity index (χ3n) is 2.68. The Hall–Kier alpha value is -0.830. The zero-order valence-electron chi connectivity index (χ0n) is 9.83. The molecule has 18 heavy (non-hydrogen) atoms. The standard InChI is InChI=1S/C9H15F3N2O3S/c1-18(16,17)13-5-7-3-2-4-14(6-7)8(15)9(10,11)12/h7,13H,2-6H2,1H3. The minimum atomic E-state index is -4.87. The Morgan fingerprint density at radius 1 is 1.44 bits per heavy atom. The minimum Gasteiger partial charge on any atom is -0.335 e. The molecular formula is C9H15F3N2O3S. The first-order valence-electron chi connectivity index (χ1n) is 5.40. The molecule has 1 atom stereocenters. The van der Waals surface area contributed by atoms with Crippen molar-refractivity contribution < 1.29 is 26.4 Å². The van der Waals surface area contributed by atoms with E-state index in [2.05, 4.69) is 4.72 Å². The Labute approximate surface area is 103 Å². The third kappa shape index (κ3) is 4.81. The summed E-state index contributed by atoms with van der Waals surface area (Å²) in [7, 11) is -3.37. The number of halogens is 3. The molecule has 0 aliphatic carbocycles. The maximum absolute atomic E-state index is 12.2. The van der Waals surface area contributed by atoms with E-state index in [9.17, 15) is 26.4 Å². The molecule has 1 saturated heterocycles. The molecule has 0 spiro atoms. The molecule has 1 N–H and O–H groups in total. The molecule has 1 heterocycles. The maximum atomic E-state index is 12.2. The number of alkyl halides is 3. The first-order chi connectivity index (χ1) is 8.09. The Kier molecular flexibility index (Phi) is 4.60. The summed E-state index contributed by atoms with van der Waals surface area (Å²) >= 11 is 0. The molecule has 0 aromatic carbocycles. The molecule has 106 valence electrons. The topological polar surface area (TPSA) is 66.5 Å². The van der Waals surface area contributed by atoms with Crippen molar-refractivity contribution in [3.05, 3.63) is 0 Å². The van der Waals surface area contributed by atoms with Gasteiger partial charge in [-0.2, -0.15) is 13.2 Å². The number of hydrogen-bond acceptors (Lipinski definition) is 3. The van der Waals surface area contributed by atoms with Gasteiger partial charge in [-0.1, -0.05) is 0 Å². The first kappa shape index (κ1) is 15.2. The predicted molar refractivity (Wildman–Crippen MR) is 58.2 cm³/mol. The zero-order valence-corrected chi connectivity index (χ0v) is 10.6. The summed E-state index contributed by atoms with van der Waals surface area (Å²) in [6.45, 7) is 0.0506. The van der Waals surface area contributed by atoms with Crippen molar-refractivity contribution in [2.45, 2.75) is 19.0 Å². The van der Waals surface area contributed by atoms with Gasteiger partial charge in [-0.05, 0) is 18.8 Å². The van der Waals surface area contributed by atoms with Crippen LogP contribution in [0.4, 0.5) is 13.2 Å². The second-order valence-electron chi connectivity index (χ2n) is 4.38. The second kappa shape index (κ2) is 5.43. The zero-order chi connectivity index (χ0) is 14.0. The van der Waals surface area contributed by atoms with Crippen LogP contribution in [0.25, 0.3) is 0 Å². The average molecular weight is 288 g/mol. The number of carbonyl (C=O) groups excluding carboxylic acids is 1. The molecule has 0 aromatic heterocycles. The van der Waals surface area contributed by atoms with Crippen molar-refractivity contribution >= 4 is 15.9 Å². The summed E-state index contributed by atoms with van der Waals surface area (Å²) in [4.78, 5) is 11.8. The van der Waals surface area contributed by atoms with E-state index in [0.29, 0.717) is 12.8 Å². The van der Waals surface area contributed by atoms with E-state index in [-0.39, 0.29) is 25.6 Å². The highest BCUT2D eigenvalue weighted by molar-refractivity contribution is 7.88. The lowest BCUT2D eigenvalue weighted by Gasteiger charge is -2.33. The van der Waals surface area contributed by atoms with Crippen molar-refractivity contribution in [1.29, 1.82) is 0 Å². The second-order valence-corrected chi connectivity index (χ2v) is 6.21. The molecule has 9 heteroatoms. The lowest BCUT2D eigenvalue weighted by molar-refractivity contribution is -0.187. The van der Waals surface area contributed by atoms with Crippen LogP contribution in [-0.4, -0.2) is 51.3 Å². The Balaban J connectivity index is 2.54. The van der Waals surface area contributed by atoms with Crippen LogP contribution < -0.4 is 4.72 Å². The number of rotatable bonds is 3. The molecule has 1 unspecified atom stereocenters. The van der Waals surface area contributed by atoms with E-state index >= 15 is 0 Å². The highest BCUT2D eigenvalue weighted by atomic mass is 32.2. The van der Waals surface area contributed by atoms with Gasteiger partial charge in [0.1, 0.15) is 0 Å². The highest BCUT2D eigenvalue weighted by Crippen LogP contribution is 2.23. The number of carbonyl (C=O) groups is 1. The predicted octanol–water partition coefficient (Wildman–Crippen LogP) is 0.336. The molecular weight excluding hydrogens is 273 g/mol. The summed E-state index contributed by atoms with van der Waals surface area (Å²) in [5.74, 6) is -2.13. The first-order valence-corrected chi connectivity index (χ1v) is 7.29. The van der Waals surface area contributed by atoms with Crippen molar-refractivity contribution in [3.63, 3.8) is 0 Å². The van der Waals surface area contributed by atoms with E-state index in [1.165, 1.54) is 0 Å². The normalized spacial score (nSPS) is 22.0. The maximum Gasteiger partial charge on any atom is 0.471 e. The van der Waals surface area contributed by atoms with Crippen LogP contribution in [0, 0.1) is 5.92 Å². The minimum absolute atomic E-state index is 0.0560. The molecule has 1 rings (SSSR count). The summed E-state index contributed by atoms with van der Waals surface area (Å²) in [5.41, 5.74) is 0. The fraction of sp³-hybridized carbons (Fsp3) is 0.889. The van der Waals surface area contributed by atoms with Gasteiger partial charge in [-0.3, -0.25) is 4.79 Å². The molecule has 1 aliphatic rings. The van der Waals surface area contributed by atoms with Crippen LogP contribution in [-0.2, 0) is 14.8 Å². The van der Waals surface area contributed by atoms with E-state index in [4.69, 9.17) is 0 Å². The monoisotopic (exact) mass is 288 g/mol. The van der Waals surface area contributed by atoms with Gasteiger partial charge in [0.05, 0.1) is 6.26 Å². The van der Waals surface area contributed by atoms with Gasteiger partial charge in [-0.15, -0.1) is 0 Å². The fourth-order valence-corrected chi connectivity index (χ4v) is 2.40. The van der Waals surface area contributed by atoms with Crippen molar-refractivity contribution in [3.8, 4) is 0 Å². The van der Waals surface area contributed by atoms with Gasteiger partial charge in [0.15, 0.2) is 0 Å². The van der Waals surface area contributed by atoms with Crippen molar-refractivity contribution in [2.24, 2.45) is 5.92 Å². The van der Waals surface area contributed by atoms with Crippen LogP contribution in [0.5, 0.6) is 0 Å². The molecule has 0 radical (unpaired) electrons. The third-order valence-corrected chi connectivity index (χ3v) is 3.37. The Bertz CT molecular complexity index is 408. The summed E-state index contributed by atoms with van der Waals surface area (Å²) in [6.07, 6.45) is -2.84. The molecule has 0 aromatic rings. The summed E-state index contributed by atoms with van der Waals surface area (Å²) in [5, 5.41) is 0. The van der Waals surface area contributed by atoms with Gasteiger partial charge in [0.2, 0.25) is 10.0 Å².